The van der Waals surface area contributed by atoms with Gasteiger partial charge in [0.05, 0.1) is 12.7 Å². The van der Waals surface area contributed by atoms with Crippen molar-refractivity contribution in [2.45, 2.75) is 25.0 Å². The highest BCUT2D eigenvalue weighted by molar-refractivity contribution is 7.89. The normalized spacial score (nSPS) is 11.3. The number of hydrogen-bond acceptors (Lipinski definition) is 8. The first-order chi connectivity index (χ1) is 14.3. The number of nitrogens with one attached hydrogen (secondary N) is 1. The summed E-state index contributed by atoms with van der Waals surface area (Å²) in [5, 5.41) is 4.14. The molecule has 0 unspecified atom stereocenters. The van der Waals surface area contributed by atoms with Crippen molar-refractivity contribution < 1.29 is 27.2 Å². The number of halogens is 1. The van der Waals surface area contributed by atoms with Crippen LogP contribution in [0.3, 0.4) is 0 Å². The van der Waals surface area contributed by atoms with Crippen LogP contribution in [0, 0.1) is 6.92 Å². The van der Waals surface area contributed by atoms with Gasteiger partial charge in [-0.2, -0.15) is 4.98 Å². The van der Waals surface area contributed by atoms with Gasteiger partial charge in [0.1, 0.15) is 10.6 Å². The number of aryl methyl sites for hydroxylation is 1. The van der Waals surface area contributed by atoms with Crippen LogP contribution >= 0.6 is 11.6 Å². The second kappa shape index (κ2) is 9.24. The van der Waals surface area contributed by atoms with E-state index in [2.05, 4.69) is 14.9 Å². The maximum atomic E-state index is 12.8. The Morgan fingerprint density at radius 2 is 1.93 bits per heavy atom. The van der Waals surface area contributed by atoms with Gasteiger partial charge in [-0.1, -0.05) is 28.9 Å². The maximum Gasteiger partial charge on any atom is 0.338 e. The van der Waals surface area contributed by atoms with Gasteiger partial charge in [-0.3, -0.25) is 0 Å². The van der Waals surface area contributed by atoms with Crippen LogP contribution in [0.2, 0.25) is 5.02 Å². The molecule has 1 heterocycles. The molecule has 0 aliphatic carbocycles. The number of carbonyl (C=O) groups excluding carboxylic acids is 1. The molecule has 0 aliphatic heterocycles. The average molecular weight is 452 g/mol. The van der Waals surface area contributed by atoms with E-state index in [0.717, 1.165) is 0 Å². The minimum Gasteiger partial charge on any atom is -0.495 e. The van der Waals surface area contributed by atoms with Crippen molar-refractivity contribution in [2.75, 3.05) is 7.11 Å². The van der Waals surface area contributed by atoms with Crippen molar-refractivity contribution in [1.29, 1.82) is 0 Å². The lowest BCUT2D eigenvalue weighted by Gasteiger charge is -2.12. The van der Waals surface area contributed by atoms with Crippen LogP contribution in [0.4, 0.5) is 0 Å². The molecule has 158 valence electrons. The summed E-state index contributed by atoms with van der Waals surface area (Å²) in [5.41, 5.74) is 0.742. The molecule has 3 aromatic rings. The van der Waals surface area contributed by atoms with E-state index in [1.54, 1.807) is 31.2 Å². The number of sulfonamides is 1. The van der Waals surface area contributed by atoms with Gasteiger partial charge >= 0.3 is 5.97 Å². The predicted molar refractivity (Wildman–Crippen MR) is 107 cm³/mol. The Labute approximate surface area is 178 Å². The van der Waals surface area contributed by atoms with E-state index >= 15 is 0 Å². The van der Waals surface area contributed by atoms with Crippen LogP contribution in [0.15, 0.2) is 51.9 Å². The number of esters is 1. The number of aromatic nitrogens is 2. The van der Waals surface area contributed by atoms with E-state index in [0.29, 0.717) is 16.4 Å². The lowest BCUT2D eigenvalue weighted by molar-refractivity contribution is 0.0429. The molecule has 3 rings (SSSR count). The third kappa shape index (κ3) is 5.35. The Morgan fingerprint density at radius 1 is 1.20 bits per heavy atom. The highest BCUT2D eigenvalue weighted by Gasteiger charge is 2.22. The second-order valence-electron chi connectivity index (χ2n) is 6.13. The van der Waals surface area contributed by atoms with Gasteiger partial charge in [0.15, 0.2) is 12.4 Å². The van der Waals surface area contributed by atoms with Gasteiger partial charge in [-0.25, -0.2) is 17.9 Å². The minimum absolute atomic E-state index is 0.0268. The quantitative estimate of drug-likeness (QED) is 0.519. The van der Waals surface area contributed by atoms with E-state index in [1.165, 1.54) is 25.3 Å². The molecule has 0 radical (unpaired) electrons. The molecule has 0 spiro atoms. The highest BCUT2D eigenvalue weighted by Crippen LogP contribution is 2.25. The zero-order chi connectivity index (χ0) is 21.7. The van der Waals surface area contributed by atoms with Crippen LogP contribution < -0.4 is 9.46 Å². The van der Waals surface area contributed by atoms with Crippen LogP contribution in [-0.4, -0.2) is 31.6 Å². The first-order valence-corrected chi connectivity index (χ1v) is 10.5. The van der Waals surface area contributed by atoms with Crippen molar-refractivity contribution in [3.63, 3.8) is 0 Å². The Hall–Kier alpha value is -2.95. The number of rotatable bonds is 8. The fourth-order valence-corrected chi connectivity index (χ4v) is 3.82. The van der Waals surface area contributed by atoms with Gasteiger partial charge in [0.25, 0.3) is 5.89 Å². The summed E-state index contributed by atoms with van der Waals surface area (Å²) in [6.07, 6.45) is 0. The van der Waals surface area contributed by atoms with Crippen LogP contribution in [0.25, 0.3) is 0 Å². The molecular formula is C19H18ClN3O6S. The maximum absolute atomic E-state index is 12.8. The predicted octanol–water partition coefficient (Wildman–Crippen LogP) is 2.88. The lowest BCUT2D eigenvalue weighted by Crippen LogP contribution is -2.24. The molecule has 11 heteroatoms. The molecular weight excluding hydrogens is 434 g/mol. The summed E-state index contributed by atoms with van der Waals surface area (Å²) in [6, 6.07) is 10.7. The highest BCUT2D eigenvalue weighted by atomic mass is 35.5. The molecule has 1 N–H and O–H groups in total. The third-order valence-corrected chi connectivity index (χ3v) is 5.64. The fraction of sp³-hybridized carbons (Fsp3) is 0.211. The average Bonchev–Trinajstić information content (AvgIpc) is 3.16. The fourth-order valence-electron chi connectivity index (χ4n) is 2.48. The van der Waals surface area contributed by atoms with Gasteiger partial charge in [-0.05, 0) is 42.8 Å². The summed E-state index contributed by atoms with van der Waals surface area (Å²) in [5.74, 6) is -0.122. The van der Waals surface area contributed by atoms with E-state index < -0.39 is 16.0 Å². The Morgan fingerprint density at radius 3 is 2.57 bits per heavy atom. The molecule has 0 atom stereocenters. The van der Waals surface area contributed by atoms with Crippen LogP contribution in [0.1, 0.15) is 27.6 Å². The van der Waals surface area contributed by atoms with Crippen molar-refractivity contribution in [2.24, 2.45) is 0 Å². The van der Waals surface area contributed by atoms with Crippen LogP contribution in [0.5, 0.6) is 5.75 Å². The standard InChI is InChI=1S/C19H18ClN3O6S/c1-12-22-18(29-23-12)11-28-19(24)14-5-8-16(27-2)17(9-14)30(25,26)21-10-13-3-6-15(20)7-4-13/h3-9,21H,10-11H2,1-2H3. The molecule has 0 saturated heterocycles. The largest absolute Gasteiger partial charge is 0.495 e. The summed E-state index contributed by atoms with van der Waals surface area (Å²) in [6.45, 7) is 1.43. The van der Waals surface area contributed by atoms with E-state index in [-0.39, 0.29) is 35.3 Å². The van der Waals surface area contributed by atoms with Gasteiger partial charge in [0.2, 0.25) is 10.0 Å². The zero-order valence-electron chi connectivity index (χ0n) is 16.1. The molecule has 1 aromatic heterocycles. The van der Waals surface area contributed by atoms with Crippen molar-refractivity contribution >= 4 is 27.6 Å². The number of ether oxygens (including phenoxy) is 2. The van der Waals surface area contributed by atoms with Gasteiger partial charge in [-0.15, -0.1) is 0 Å². The van der Waals surface area contributed by atoms with Crippen molar-refractivity contribution in [3.8, 4) is 5.75 Å². The molecule has 2 aromatic carbocycles. The molecule has 0 saturated carbocycles. The third-order valence-electron chi connectivity index (χ3n) is 3.96. The molecule has 0 fully saturated rings. The summed E-state index contributed by atoms with van der Waals surface area (Å²) < 4.78 is 43.2. The molecule has 0 amide bonds. The Kier molecular flexibility index (Phi) is 6.70. The zero-order valence-corrected chi connectivity index (χ0v) is 17.7. The summed E-state index contributed by atoms with van der Waals surface area (Å²) >= 11 is 5.84. The summed E-state index contributed by atoms with van der Waals surface area (Å²) in [7, 11) is -2.65. The van der Waals surface area contributed by atoms with E-state index in [9.17, 15) is 13.2 Å². The Balaban J connectivity index is 1.76. The number of benzene rings is 2. The van der Waals surface area contributed by atoms with E-state index in [4.69, 9.17) is 25.6 Å². The van der Waals surface area contributed by atoms with E-state index in [1.807, 2.05) is 0 Å². The first-order valence-electron chi connectivity index (χ1n) is 8.67. The number of hydrogen-bond donors (Lipinski definition) is 1. The number of carbonyl (C=O) groups is 1. The van der Waals surface area contributed by atoms with Crippen molar-refractivity contribution in [1.82, 2.24) is 14.9 Å². The second-order valence-corrected chi connectivity index (χ2v) is 8.30. The molecule has 0 aliphatic rings. The lowest BCUT2D eigenvalue weighted by atomic mass is 10.2. The van der Waals surface area contributed by atoms with Crippen LogP contribution in [-0.2, 0) is 27.9 Å². The monoisotopic (exact) mass is 451 g/mol. The smallest absolute Gasteiger partial charge is 0.338 e. The number of methoxy groups -OCH3 is 1. The Bertz CT molecular complexity index is 1150. The molecule has 0 bridgehead atoms. The number of nitrogens with zero attached hydrogens (tertiary/aromatic N) is 2. The first kappa shape index (κ1) is 21.8. The SMILES string of the molecule is COc1ccc(C(=O)OCc2nc(C)no2)cc1S(=O)(=O)NCc1ccc(Cl)cc1. The minimum atomic E-state index is -3.99. The molecule has 30 heavy (non-hydrogen) atoms. The van der Waals surface area contributed by atoms with Gasteiger partial charge in [0, 0.05) is 11.6 Å². The molecule has 9 nitrogen and oxygen atoms in total. The van der Waals surface area contributed by atoms with Gasteiger partial charge < -0.3 is 14.0 Å². The summed E-state index contributed by atoms with van der Waals surface area (Å²) in [4.78, 5) is 16.1. The van der Waals surface area contributed by atoms with Crippen molar-refractivity contribution in [3.05, 3.63) is 70.3 Å². The topological polar surface area (TPSA) is 121 Å².